The third-order valence-electron chi connectivity index (χ3n) is 4.66. The van der Waals surface area contributed by atoms with Gasteiger partial charge in [0.05, 0.1) is 14.2 Å². The first-order valence-corrected chi connectivity index (χ1v) is 8.51. The largest absolute Gasteiger partial charge is 0.497 e. The molecule has 1 fully saturated rings. The number of hydrogen-bond acceptors (Lipinski definition) is 5. The van der Waals surface area contributed by atoms with Crippen molar-refractivity contribution in [1.29, 1.82) is 0 Å². The van der Waals surface area contributed by atoms with Crippen LogP contribution in [0.1, 0.15) is 32.3 Å². The number of rotatable bonds is 8. The number of benzene rings is 1. The van der Waals surface area contributed by atoms with Crippen molar-refractivity contribution in [3.05, 3.63) is 23.8 Å². The number of nitrogens with zero attached hydrogens (tertiary/aromatic N) is 1. The summed E-state index contributed by atoms with van der Waals surface area (Å²) in [5, 5.41) is 5.41. The Kier molecular flexibility index (Phi) is 6.07. The molecule has 0 aromatic heterocycles. The average Bonchev–Trinajstić information content (AvgIpc) is 2.90. The van der Waals surface area contributed by atoms with E-state index in [0.717, 1.165) is 10.5 Å². The standard InChI is InChI=1S/C18H25N3O5/c1-5-18(6-2)16(23)21(17(24)20-18)11-15(22)19-10-12-7-13(25-3)9-14(8-12)26-4/h7-9H,5-6,10-11H2,1-4H3,(H,19,22)(H,20,24). The molecule has 0 bridgehead atoms. The molecule has 1 aliphatic heterocycles. The van der Waals surface area contributed by atoms with Crippen molar-refractivity contribution in [2.24, 2.45) is 0 Å². The predicted octanol–water partition coefficient (Wildman–Crippen LogP) is 1.43. The lowest BCUT2D eigenvalue weighted by atomic mass is 9.93. The summed E-state index contributed by atoms with van der Waals surface area (Å²) >= 11 is 0. The molecule has 8 heteroatoms. The highest BCUT2D eigenvalue weighted by atomic mass is 16.5. The third kappa shape index (κ3) is 3.89. The SMILES string of the molecule is CCC1(CC)NC(=O)N(CC(=O)NCc2cc(OC)cc(OC)c2)C1=O. The van der Waals surface area contributed by atoms with Gasteiger partial charge in [-0.05, 0) is 30.5 Å². The van der Waals surface area contributed by atoms with Gasteiger partial charge in [-0.25, -0.2) is 4.79 Å². The molecule has 0 spiro atoms. The van der Waals surface area contributed by atoms with Crippen LogP contribution in [0.2, 0.25) is 0 Å². The van der Waals surface area contributed by atoms with Crippen LogP contribution >= 0.6 is 0 Å². The number of amides is 4. The van der Waals surface area contributed by atoms with Gasteiger partial charge >= 0.3 is 6.03 Å². The zero-order chi connectivity index (χ0) is 19.3. The van der Waals surface area contributed by atoms with Gasteiger partial charge in [0.2, 0.25) is 5.91 Å². The molecule has 26 heavy (non-hydrogen) atoms. The van der Waals surface area contributed by atoms with Crippen LogP contribution in [-0.4, -0.2) is 49.0 Å². The van der Waals surface area contributed by atoms with Crippen molar-refractivity contribution in [2.45, 2.75) is 38.8 Å². The number of imide groups is 1. The number of hydrogen-bond donors (Lipinski definition) is 2. The molecular formula is C18H25N3O5. The second-order valence-electron chi connectivity index (χ2n) is 6.11. The Labute approximate surface area is 152 Å². The van der Waals surface area contributed by atoms with Gasteiger partial charge in [0.1, 0.15) is 23.6 Å². The monoisotopic (exact) mass is 363 g/mol. The van der Waals surface area contributed by atoms with Crippen LogP contribution in [0, 0.1) is 0 Å². The first kappa shape index (κ1) is 19.6. The van der Waals surface area contributed by atoms with E-state index in [0.29, 0.717) is 24.3 Å². The van der Waals surface area contributed by atoms with Gasteiger partial charge in [-0.3, -0.25) is 14.5 Å². The van der Waals surface area contributed by atoms with Gasteiger partial charge in [-0.15, -0.1) is 0 Å². The first-order valence-electron chi connectivity index (χ1n) is 8.51. The van der Waals surface area contributed by atoms with Crippen molar-refractivity contribution in [1.82, 2.24) is 15.5 Å². The number of ether oxygens (including phenoxy) is 2. The molecule has 1 saturated heterocycles. The van der Waals surface area contributed by atoms with Crippen LogP contribution < -0.4 is 20.1 Å². The fraction of sp³-hybridized carbons (Fsp3) is 0.500. The van der Waals surface area contributed by atoms with E-state index in [1.165, 1.54) is 0 Å². The lowest BCUT2D eigenvalue weighted by Gasteiger charge is -2.23. The maximum Gasteiger partial charge on any atom is 0.325 e. The third-order valence-corrected chi connectivity index (χ3v) is 4.66. The number of carbonyl (C=O) groups excluding carboxylic acids is 3. The fourth-order valence-electron chi connectivity index (χ4n) is 2.92. The first-order chi connectivity index (χ1) is 12.4. The predicted molar refractivity (Wildman–Crippen MR) is 95.0 cm³/mol. The molecule has 1 heterocycles. The van der Waals surface area contributed by atoms with Crippen molar-refractivity contribution < 1.29 is 23.9 Å². The van der Waals surface area contributed by atoms with Crippen molar-refractivity contribution in [3.63, 3.8) is 0 Å². The molecule has 142 valence electrons. The van der Waals surface area contributed by atoms with E-state index in [2.05, 4.69) is 10.6 Å². The molecule has 1 aromatic carbocycles. The molecule has 0 aliphatic carbocycles. The van der Waals surface area contributed by atoms with Gasteiger partial charge in [0, 0.05) is 12.6 Å². The van der Waals surface area contributed by atoms with Crippen LogP contribution in [0.25, 0.3) is 0 Å². The molecule has 0 atom stereocenters. The summed E-state index contributed by atoms with van der Waals surface area (Å²) in [5.41, 5.74) is -0.124. The van der Waals surface area contributed by atoms with Crippen LogP contribution in [0.4, 0.5) is 4.79 Å². The van der Waals surface area contributed by atoms with E-state index in [9.17, 15) is 14.4 Å². The highest BCUT2D eigenvalue weighted by Gasteiger charge is 2.49. The molecule has 1 aromatic rings. The fourth-order valence-corrected chi connectivity index (χ4v) is 2.92. The van der Waals surface area contributed by atoms with Crippen LogP contribution in [-0.2, 0) is 16.1 Å². The van der Waals surface area contributed by atoms with Crippen LogP contribution in [0.5, 0.6) is 11.5 Å². The summed E-state index contributed by atoms with van der Waals surface area (Å²) in [4.78, 5) is 37.8. The Morgan fingerprint density at radius 3 is 2.15 bits per heavy atom. The maximum atomic E-state index is 12.5. The number of carbonyl (C=O) groups is 3. The number of nitrogens with one attached hydrogen (secondary N) is 2. The van der Waals surface area contributed by atoms with E-state index >= 15 is 0 Å². The second-order valence-corrected chi connectivity index (χ2v) is 6.11. The van der Waals surface area contributed by atoms with Gasteiger partial charge < -0.3 is 20.1 Å². The van der Waals surface area contributed by atoms with E-state index < -0.39 is 17.5 Å². The zero-order valence-electron chi connectivity index (χ0n) is 15.5. The quantitative estimate of drug-likeness (QED) is 0.681. The molecule has 2 N–H and O–H groups in total. The summed E-state index contributed by atoms with van der Waals surface area (Å²) in [6.45, 7) is 3.58. The molecular weight excluding hydrogens is 338 g/mol. The average molecular weight is 363 g/mol. The highest BCUT2D eigenvalue weighted by molar-refractivity contribution is 6.08. The topological polar surface area (TPSA) is 97.0 Å². The minimum absolute atomic E-state index is 0.225. The Bertz CT molecular complexity index is 678. The van der Waals surface area contributed by atoms with Crippen molar-refractivity contribution in [2.75, 3.05) is 20.8 Å². The van der Waals surface area contributed by atoms with Crippen LogP contribution in [0.3, 0.4) is 0 Å². The Hall–Kier alpha value is -2.77. The number of urea groups is 1. The van der Waals surface area contributed by atoms with Gasteiger partial charge in [-0.1, -0.05) is 13.8 Å². The van der Waals surface area contributed by atoms with Gasteiger partial charge in [0.25, 0.3) is 5.91 Å². The molecule has 0 radical (unpaired) electrons. The van der Waals surface area contributed by atoms with E-state index in [-0.39, 0.29) is 19.0 Å². The normalized spacial score (nSPS) is 15.6. The summed E-state index contributed by atoms with van der Waals surface area (Å²) in [6, 6.07) is 4.75. The molecule has 8 nitrogen and oxygen atoms in total. The van der Waals surface area contributed by atoms with Crippen molar-refractivity contribution >= 4 is 17.8 Å². The molecule has 0 unspecified atom stereocenters. The summed E-state index contributed by atoms with van der Waals surface area (Å²) < 4.78 is 10.4. The van der Waals surface area contributed by atoms with Gasteiger partial charge in [-0.2, -0.15) is 0 Å². The van der Waals surface area contributed by atoms with Gasteiger partial charge in [0.15, 0.2) is 0 Å². The molecule has 4 amide bonds. The summed E-state index contributed by atoms with van der Waals surface area (Å²) in [7, 11) is 3.09. The lowest BCUT2D eigenvalue weighted by Crippen LogP contribution is -2.46. The Morgan fingerprint density at radius 1 is 1.12 bits per heavy atom. The minimum Gasteiger partial charge on any atom is -0.497 e. The van der Waals surface area contributed by atoms with E-state index in [1.807, 2.05) is 13.8 Å². The lowest BCUT2D eigenvalue weighted by molar-refractivity contribution is -0.135. The Morgan fingerprint density at radius 2 is 1.69 bits per heavy atom. The maximum absolute atomic E-state index is 12.5. The van der Waals surface area contributed by atoms with E-state index in [1.54, 1.807) is 32.4 Å². The van der Waals surface area contributed by atoms with E-state index in [4.69, 9.17) is 9.47 Å². The minimum atomic E-state index is -0.905. The summed E-state index contributed by atoms with van der Waals surface area (Å²) in [6.07, 6.45) is 0.964. The second kappa shape index (κ2) is 8.07. The molecule has 0 saturated carbocycles. The molecule has 2 rings (SSSR count). The van der Waals surface area contributed by atoms with Crippen LogP contribution in [0.15, 0.2) is 18.2 Å². The summed E-state index contributed by atoms with van der Waals surface area (Å²) in [5.74, 6) is 0.445. The van der Waals surface area contributed by atoms with Crippen molar-refractivity contribution in [3.8, 4) is 11.5 Å². The number of methoxy groups -OCH3 is 2. The molecule has 1 aliphatic rings. The Balaban J connectivity index is 1.99. The smallest absolute Gasteiger partial charge is 0.325 e. The zero-order valence-corrected chi connectivity index (χ0v) is 15.5. The highest BCUT2D eigenvalue weighted by Crippen LogP contribution is 2.25.